The zero-order valence-electron chi connectivity index (χ0n) is 18.9. The fourth-order valence-electron chi connectivity index (χ4n) is 3.81. The number of sulfonamides is 1. The van der Waals surface area contributed by atoms with Gasteiger partial charge in [0.05, 0.1) is 37.9 Å². The molecule has 0 bridgehead atoms. The molecule has 10 heteroatoms. The third-order valence-electron chi connectivity index (χ3n) is 5.43. The predicted octanol–water partition coefficient (Wildman–Crippen LogP) is 3.53. The van der Waals surface area contributed by atoms with Crippen LogP contribution in [0.25, 0.3) is 0 Å². The Bertz CT molecular complexity index is 1020. The summed E-state index contributed by atoms with van der Waals surface area (Å²) in [5.41, 5.74) is 3.15. The molecule has 33 heavy (non-hydrogen) atoms. The van der Waals surface area contributed by atoms with Gasteiger partial charge in [-0.3, -0.25) is 0 Å². The molecular weight excluding hydrogens is 487 g/mol. The van der Waals surface area contributed by atoms with E-state index in [0.29, 0.717) is 36.5 Å². The highest BCUT2D eigenvalue weighted by molar-refractivity contribution is 7.89. The maximum absolute atomic E-state index is 12.6. The molecule has 1 aliphatic rings. The van der Waals surface area contributed by atoms with Crippen LogP contribution in [-0.4, -0.2) is 73.6 Å². The fourth-order valence-corrected chi connectivity index (χ4v) is 5.39. The summed E-state index contributed by atoms with van der Waals surface area (Å²) >= 11 is 12.7. The molecule has 1 aliphatic heterocycles. The average molecular weight is 517 g/mol. The zero-order chi connectivity index (χ0) is 23.8. The van der Waals surface area contributed by atoms with E-state index in [-0.39, 0.29) is 24.0 Å². The first kappa shape index (κ1) is 26.4. The Balaban J connectivity index is 1.58. The van der Waals surface area contributed by atoms with Crippen molar-refractivity contribution in [1.29, 1.82) is 0 Å². The SMILES string of the molecule is COCCOCCOCCNS(=O)(=O)c1ccc(C2CN(C)Cc3c(Cl)cc(Cl)cc32)cc1. The average Bonchev–Trinajstić information content (AvgIpc) is 2.78. The van der Waals surface area contributed by atoms with Crippen molar-refractivity contribution >= 4 is 33.2 Å². The van der Waals surface area contributed by atoms with Gasteiger partial charge in [0, 0.05) is 42.7 Å². The minimum absolute atomic E-state index is 0.0548. The number of rotatable bonds is 12. The van der Waals surface area contributed by atoms with Crippen LogP contribution in [0.15, 0.2) is 41.3 Å². The van der Waals surface area contributed by atoms with Gasteiger partial charge in [0.1, 0.15) is 0 Å². The fraction of sp³-hybridized carbons (Fsp3) is 0.478. The number of hydrogen-bond acceptors (Lipinski definition) is 6. The topological polar surface area (TPSA) is 77.1 Å². The Morgan fingerprint density at radius 3 is 2.39 bits per heavy atom. The molecule has 1 N–H and O–H groups in total. The lowest BCUT2D eigenvalue weighted by molar-refractivity contribution is 0.0262. The molecule has 1 unspecified atom stereocenters. The van der Waals surface area contributed by atoms with Crippen LogP contribution in [-0.2, 0) is 30.8 Å². The van der Waals surface area contributed by atoms with Gasteiger partial charge < -0.3 is 19.1 Å². The summed E-state index contributed by atoms with van der Waals surface area (Å²) in [4.78, 5) is 2.41. The Kier molecular flexibility index (Phi) is 9.96. The van der Waals surface area contributed by atoms with Crippen molar-refractivity contribution in [2.45, 2.75) is 17.4 Å². The van der Waals surface area contributed by atoms with Crippen LogP contribution in [0.2, 0.25) is 10.0 Å². The molecule has 1 atom stereocenters. The van der Waals surface area contributed by atoms with Gasteiger partial charge in [-0.25, -0.2) is 13.1 Å². The van der Waals surface area contributed by atoms with E-state index in [0.717, 1.165) is 29.8 Å². The standard InChI is InChI=1S/C23H30Cl2N2O5S/c1-27-15-21(20-13-18(24)14-23(25)22(20)16-27)17-3-5-19(6-4-17)33(28,29)26-7-8-31-11-12-32-10-9-30-2/h3-6,13-14,21,26H,7-12,15-16H2,1-2H3. The zero-order valence-corrected chi connectivity index (χ0v) is 21.2. The van der Waals surface area contributed by atoms with Crippen LogP contribution in [0.1, 0.15) is 22.6 Å². The number of likely N-dealkylation sites (N-methyl/N-ethyl adjacent to an activating group) is 1. The highest BCUT2D eigenvalue weighted by atomic mass is 35.5. The first-order valence-corrected chi connectivity index (χ1v) is 13.0. The highest BCUT2D eigenvalue weighted by Crippen LogP contribution is 2.38. The van der Waals surface area contributed by atoms with Crippen molar-refractivity contribution in [2.75, 3.05) is 60.3 Å². The smallest absolute Gasteiger partial charge is 0.240 e. The molecule has 1 heterocycles. The molecule has 0 aliphatic carbocycles. The largest absolute Gasteiger partial charge is 0.382 e. The van der Waals surface area contributed by atoms with E-state index in [4.69, 9.17) is 37.4 Å². The van der Waals surface area contributed by atoms with E-state index in [1.165, 1.54) is 0 Å². The maximum Gasteiger partial charge on any atom is 0.240 e. The van der Waals surface area contributed by atoms with Crippen LogP contribution >= 0.6 is 23.2 Å². The summed E-state index contributed by atoms with van der Waals surface area (Å²) in [5, 5.41) is 1.25. The summed E-state index contributed by atoms with van der Waals surface area (Å²) in [6.45, 7) is 3.85. The molecule has 7 nitrogen and oxygen atoms in total. The Morgan fingerprint density at radius 1 is 1.03 bits per heavy atom. The molecule has 3 rings (SSSR count). The number of nitrogens with zero attached hydrogens (tertiary/aromatic N) is 1. The minimum atomic E-state index is -3.63. The van der Waals surface area contributed by atoms with Gasteiger partial charge in [-0.05, 0) is 48.0 Å². The molecule has 0 fully saturated rings. The van der Waals surface area contributed by atoms with Gasteiger partial charge in [0.2, 0.25) is 10.0 Å². The summed E-state index contributed by atoms with van der Waals surface area (Å²) in [6.07, 6.45) is 0. The first-order valence-electron chi connectivity index (χ1n) is 10.7. The van der Waals surface area contributed by atoms with E-state index in [1.807, 2.05) is 25.2 Å². The van der Waals surface area contributed by atoms with E-state index >= 15 is 0 Å². The Labute approximate surface area is 206 Å². The Hall–Kier alpha value is -1.23. The third-order valence-corrected chi connectivity index (χ3v) is 7.46. The van der Waals surface area contributed by atoms with Gasteiger partial charge in [0.25, 0.3) is 0 Å². The third kappa shape index (κ3) is 7.37. The number of methoxy groups -OCH3 is 1. The molecule has 0 saturated carbocycles. The molecule has 2 aromatic rings. The van der Waals surface area contributed by atoms with Gasteiger partial charge in [0.15, 0.2) is 0 Å². The number of halogens is 2. The van der Waals surface area contributed by atoms with E-state index in [2.05, 4.69) is 9.62 Å². The molecule has 0 radical (unpaired) electrons. The first-order chi connectivity index (χ1) is 15.8. The van der Waals surface area contributed by atoms with Crippen LogP contribution in [0.3, 0.4) is 0 Å². The van der Waals surface area contributed by atoms with Crippen molar-refractivity contribution in [1.82, 2.24) is 9.62 Å². The second kappa shape index (κ2) is 12.5. The number of ether oxygens (including phenoxy) is 3. The van der Waals surface area contributed by atoms with Gasteiger partial charge in [-0.1, -0.05) is 35.3 Å². The van der Waals surface area contributed by atoms with Gasteiger partial charge >= 0.3 is 0 Å². The van der Waals surface area contributed by atoms with Crippen LogP contribution < -0.4 is 4.72 Å². The van der Waals surface area contributed by atoms with Crippen molar-refractivity contribution in [3.8, 4) is 0 Å². The van der Waals surface area contributed by atoms with Crippen molar-refractivity contribution in [2.24, 2.45) is 0 Å². The lowest BCUT2D eigenvalue weighted by Gasteiger charge is -2.33. The lowest BCUT2D eigenvalue weighted by Crippen LogP contribution is -2.31. The summed E-state index contributed by atoms with van der Waals surface area (Å²) in [6, 6.07) is 10.7. The van der Waals surface area contributed by atoms with Crippen molar-refractivity contribution < 1.29 is 22.6 Å². The predicted molar refractivity (Wildman–Crippen MR) is 130 cm³/mol. The normalized spacial score (nSPS) is 16.7. The van der Waals surface area contributed by atoms with Gasteiger partial charge in [-0.2, -0.15) is 0 Å². The van der Waals surface area contributed by atoms with Crippen LogP contribution in [0, 0.1) is 0 Å². The second-order valence-corrected chi connectivity index (χ2v) is 10.5. The van der Waals surface area contributed by atoms with Crippen molar-refractivity contribution in [3.63, 3.8) is 0 Å². The Morgan fingerprint density at radius 2 is 1.70 bits per heavy atom. The molecule has 0 aromatic heterocycles. The van der Waals surface area contributed by atoms with Crippen LogP contribution in [0.4, 0.5) is 0 Å². The lowest BCUT2D eigenvalue weighted by atomic mass is 9.85. The van der Waals surface area contributed by atoms with E-state index in [9.17, 15) is 8.42 Å². The number of benzene rings is 2. The van der Waals surface area contributed by atoms with Crippen LogP contribution in [0.5, 0.6) is 0 Å². The molecule has 0 spiro atoms. The monoisotopic (exact) mass is 516 g/mol. The summed E-state index contributed by atoms with van der Waals surface area (Å²) < 4.78 is 43.4. The van der Waals surface area contributed by atoms with E-state index in [1.54, 1.807) is 25.3 Å². The molecule has 0 saturated heterocycles. The maximum atomic E-state index is 12.6. The van der Waals surface area contributed by atoms with Gasteiger partial charge in [-0.15, -0.1) is 0 Å². The summed E-state index contributed by atoms with van der Waals surface area (Å²) in [5.74, 6) is 0.0548. The minimum Gasteiger partial charge on any atom is -0.382 e. The molecule has 2 aromatic carbocycles. The molecule has 182 valence electrons. The highest BCUT2D eigenvalue weighted by Gasteiger charge is 2.27. The van der Waals surface area contributed by atoms with E-state index < -0.39 is 10.0 Å². The molecular formula is C23H30Cl2N2O5S. The second-order valence-electron chi connectivity index (χ2n) is 7.89. The number of nitrogens with one attached hydrogen (secondary N) is 1. The summed E-state index contributed by atoms with van der Waals surface area (Å²) in [7, 11) is 0.0217. The number of fused-ring (bicyclic) bond motifs is 1. The quantitative estimate of drug-likeness (QED) is 0.435. The molecule has 0 amide bonds. The van der Waals surface area contributed by atoms with Crippen molar-refractivity contribution in [3.05, 3.63) is 63.1 Å². The number of hydrogen-bond donors (Lipinski definition) is 1.